The van der Waals surface area contributed by atoms with Gasteiger partial charge in [-0.15, -0.1) is 0 Å². The first-order valence-corrected chi connectivity index (χ1v) is 6.59. The van der Waals surface area contributed by atoms with Gasteiger partial charge in [0.15, 0.2) is 0 Å². The Morgan fingerprint density at radius 1 is 1.16 bits per heavy atom. The zero-order valence-corrected chi connectivity index (χ0v) is 12.1. The quantitative estimate of drug-likeness (QED) is 0.733. The molecule has 2 aromatic rings. The van der Waals surface area contributed by atoms with E-state index in [1.807, 2.05) is 16.8 Å². The van der Waals surface area contributed by atoms with Crippen LogP contribution >= 0.6 is 0 Å². The summed E-state index contributed by atoms with van der Waals surface area (Å²) in [5.41, 5.74) is 2.52. The van der Waals surface area contributed by atoms with Gasteiger partial charge in [-0.1, -0.05) is 0 Å². The highest BCUT2D eigenvalue weighted by Crippen LogP contribution is 2.36. The predicted octanol–water partition coefficient (Wildman–Crippen LogP) is 1.94. The van der Waals surface area contributed by atoms with Gasteiger partial charge in [0, 0.05) is 24.1 Å². The average Bonchev–Trinajstić information content (AvgIpc) is 2.80. The molecule has 0 amide bonds. The van der Waals surface area contributed by atoms with Crippen LogP contribution in [0.5, 0.6) is 0 Å². The van der Waals surface area contributed by atoms with Gasteiger partial charge < -0.3 is 13.7 Å². The van der Waals surface area contributed by atoms with Crippen molar-refractivity contribution in [1.82, 2.24) is 9.38 Å². The standard InChI is InChI=1S/C14H19BN2O2/c1-10-8-12-16-6-7-17(12)9-11(10)15-18-13(2,3)14(4,5)19-15/h6-9H,1-5H3. The first kappa shape index (κ1) is 12.7. The molecule has 0 spiro atoms. The van der Waals surface area contributed by atoms with Gasteiger partial charge in [-0.3, -0.25) is 0 Å². The Balaban J connectivity index is 2.04. The molecule has 100 valence electrons. The van der Waals surface area contributed by atoms with Crippen LogP contribution in [0, 0.1) is 6.92 Å². The minimum absolute atomic E-state index is 0.312. The number of rotatable bonds is 1. The topological polar surface area (TPSA) is 35.8 Å². The van der Waals surface area contributed by atoms with Crippen molar-refractivity contribution in [1.29, 1.82) is 0 Å². The fourth-order valence-electron chi connectivity index (χ4n) is 2.29. The van der Waals surface area contributed by atoms with E-state index in [-0.39, 0.29) is 18.3 Å². The monoisotopic (exact) mass is 258 g/mol. The summed E-state index contributed by atoms with van der Waals surface area (Å²) in [6, 6.07) is 2.06. The molecule has 0 atom stereocenters. The molecular weight excluding hydrogens is 239 g/mol. The van der Waals surface area contributed by atoms with E-state index in [2.05, 4.69) is 45.7 Å². The third-order valence-corrected chi connectivity index (χ3v) is 4.28. The molecule has 19 heavy (non-hydrogen) atoms. The fraction of sp³-hybridized carbons (Fsp3) is 0.500. The van der Waals surface area contributed by atoms with E-state index in [0.29, 0.717) is 0 Å². The Morgan fingerprint density at radius 2 is 1.79 bits per heavy atom. The lowest BCUT2D eigenvalue weighted by Crippen LogP contribution is -2.41. The smallest absolute Gasteiger partial charge is 0.399 e. The van der Waals surface area contributed by atoms with E-state index < -0.39 is 0 Å². The molecule has 1 fully saturated rings. The second kappa shape index (κ2) is 3.84. The first-order valence-electron chi connectivity index (χ1n) is 6.59. The van der Waals surface area contributed by atoms with Gasteiger partial charge in [0.1, 0.15) is 5.65 Å². The van der Waals surface area contributed by atoms with Crippen LogP contribution in [0.3, 0.4) is 0 Å². The molecule has 0 aromatic carbocycles. The number of aryl methyl sites for hydroxylation is 1. The van der Waals surface area contributed by atoms with E-state index in [4.69, 9.17) is 9.31 Å². The van der Waals surface area contributed by atoms with Crippen LogP contribution in [-0.2, 0) is 9.31 Å². The lowest BCUT2D eigenvalue weighted by Gasteiger charge is -2.32. The van der Waals surface area contributed by atoms with Gasteiger partial charge in [0.2, 0.25) is 0 Å². The van der Waals surface area contributed by atoms with Gasteiger partial charge in [0.25, 0.3) is 0 Å². The molecule has 0 N–H and O–H groups in total. The summed E-state index contributed by atoms with van der Waals surface area (Å²) in [7, 11) is -0.322. The number of pyridine rings is 1. The van der Waals surface area contributed by atoms with Crippen LogP contribution in [0.1, 0.15) is 33.3 Å². The van der Waals surface area contributed by atoms with E-state index in [1.165, 1.54) is 0 Å². The molecule has 3 heterocycles. The number of imidazole rings is 1. The number of hydrogen-bond acceptors (Lipinski definition) is 3. The SMILES string of the molecule is Cc1cc2nccn2cc1B1OC(C)(C)C(C)(C)O1. The molecule has 2 aromatic heterocycles. The minimum Gasteiger partial charge on any atom is -0.399 e. The molecule has 3 rings (SSSR count). The first-order chi connectivity index (χ1) is 8.80. The Kier molecular flexibility index (Phi) is 2.56. The summed E-state index contributed by atoms with van der Waals surface area (Å²) in [5.74, 6) is 0. The zero-order chi connectivity index (χ0) is 13.8. The molecular formula is C14H19BN2O2. The van der Waals surface area contributed by atoms with E-state index in [0.717, 1.165) is 16.7 Å². The van der Waals surface area contributed by atoms with Crippen LogP contribution in [0.15, 0.2) is 24.7 Å². The molecule has 0 aliphatic carbocycles. The average molecular weight is 258 g/mol. The highest BCUT2D eigenvalue weighted by atomic mass is 16.7. The summed E-state index contributed by atoms with van der Waals surface area (Å²) < 4.78 is 14.2. The van der Waals surface area contributed by atoms with E-state index in [1.54, 1.807) is 6.20 Å². The van der Waals surface area contributed by atoms with Crippen LogP contribution in [-0.4, -0.2) is 27.7 Å². The second-order valence-electron chi connectivity index (χ2n) is 6.19. The Labute approximate surface area is 113 Å². The molecule has 0 saturated carbocycles. The number of nitrogens with zero attached hydrogens (tertiary/aromatic N) is 2. The normalized spacial score (nSPS) is 21.2. The molecule has 5 heteroatoms. The molecule has 1 aliphatic heterocycles. The predicted molar refractivity (Wildman–Crippen MR) is 75.6 cm³/mol. The molecule has 0 unspecified atom stereocenters. The van der Waals surface area contributed by atoms with Crippen molar-refractivity contribution in [3.05, 3.63) is 30.2 Å². The molecule has 1 aliphatic rings. The van der Waals surface area contributed by atoms with Crippen molar-refractivity contribution >= 4 is 18.2 Å². The van der Waals surface area contributed by atoms with Crippen LogP contribution in [0.2, 0.25) is 0 Å². The molecule has 1 saturated heterocycles. The van der Waals surface area contributed by atoms with Gasteiger partial charge >= 0.3 is 7.12 Å². The third kappa shape index (κ3) is 1.88. The Hall–Kier alpha value is -1.33. The van der Waals surface area contributed by atoms with E-state index >= 15 is 0 Å². The van der Waals surface area contributed by atoms with Gasteiger partial charge in [0.05, 0.1) is 11.2 Å². The van der Waals surface area contributed by atoms with Crippen molar-refractivity contribution in [3.8, 4) is 0 Å². The second-order valence-corrected chi connectivity index (χ2v) is 6.19. The maximum Gasteiger partial charge on any atom is 0.496 e. The molecule has 0 radical (unpaired) electrons. The number of aromatic nitrogens is 2. The summed E-state index contributed by atoms with van der Waals surface area (Å²) >= 11 is 0. The highest BCUT2D eigenvalue weighted by molar-refractivity contribution is 6.62. The lowest BCUT2D eigenvalue weighted by atomic mass is 9.77. The van der Waals surface area contributed by atoms with Crippen molar-refractivity contribution in [2.24, 2.45) is 0 Å². The van der Waals surface area contributed by atoms with Gasteiger partial charge in [-0.2, -0.15) is 0 Å². The maximum absolute atomic E-state index is 6.10. The van der Waals surface area contributed by atoms with Crippen molar-refractivity contribution in [3.63, 3.8) is 0 Å². The van der Waals surface area contributed by atoms with Crippen molar-refractivity contribution < 1.29 is 9.31 Å². The van der Waals surface area contributed by atoms with Gasteiger partial charge in [-0.25, -0.2) is 4.98 Å². The minimum atomic E-state index is -0.322. The van der Waals surface area contributed by atoms with Crippen LogP contribution in [0.4, 0.5) is 0 Å². The summed E-state index contributed by atoms with van der Waals surface area (Å²) in [6.07, 6.45) is 5.77. The van der Waals surface area contributed by atoms with Gasteiger partial charge in [-0.05, 0) is 46.2 Å². The van der Waals surface area contributed by atoms with E-state index in [9.17, 15) is 0 Å². The zero-order valence-electron chi connectivity index (χ0n) is 12.1. The van der Waals surface area contributed by atoms with Crippen LogP contribution in [0.25, 0.3) is 5.65 Å². The van der Waals surface area contributed by atoms with Crippen molar-refractivity contribution in [2.45, 2.75) is 45.8 Å². The summed E-state index contributed by atoms with van der Waals surface area (Å²) in [5, 5.41) is 0. The Morgan fingerprint density at radius 3 is 2.42 bits per heavy atom. The largest absolute Gasteiger partial charge is 0.496 e. The number of hydrogen-bond donors (Lipinski definition) is 0. The van der Waals surface area contributed by atoms with Crippen LogP contribution < -0.4 is 5.46 Å². The molecule has 4 nitrogen and oxygen atoms in total. The lowest BCUT2D eigenvalue weighted by molar-refractivity contribution is 0.00578. The third-order valence-electron chi connectivity index (χ3n) is 4.28. The fourth-order valence-corrected chi connectivity index (χ4v) is 2.29. The summed E-state index contributed by atoms with van der Waals surface area (Å²) in [6.45, 7) is 10.3. The number of fused-ring (bicyclic) bond motifs is 1. The Bertz CT molecular complexity index is 617. The molecule has 0 bridgehead atoms. The maximum atomic E-state index is 6.10. The highest BCUT2D eigenvalue weighted by Gasteiger charge is 2.52. The summed E-state index contributed by atoms with van der Waals surface area (Å²) in [4.78, 5) is 4.29. The van der Waals surface area contributed by atoms with Crippen molar-refractivity contribution in [2.75, 3.05) is 0 Å².